The molecule has 0 spiro atoms. The van der Waals surface area contributed by atoms with Gasteiger partial charge in [-0.2, -0.15) is 10.2 Å². The first-order valence-electron chi connectivity index (χ1n) is 12.0. The fraction of sp³-hybridized carbons (Fsp3) is 0.520. The van der Waals surface area contributed by atoms with Gasteiger partial charge in [-0.25, -0.2) is 4.68 Å². The first-order valence-corrected chi connectivity index (χ1v) is 12.0. The van der Waals surface area contributed by atoms with Crippen LogP contribution in [-0.4, -0.2) is 52.1 Å². The van der Waals surface area contributed by atoms with Crippen molar-refractivity contribution < 1.29 is 9.53 Å². The summed E-state index contributed by atoms with van der Waals surface area (Å²) in [5, 5.41) is 18.3. The molecule has 8 heteroatoms. The van der Waals surface area contributed by atoms with Crippen molar-refractivity contribution in [1.82, 2.24) is 25.3 Å². The molecule has 1 amide bonds. The normalized spacial score (nSPS) is 19.2. The van der Waals surface area contributed by atoms with Gasteiger partial charge in [0, 0.05) is 19.1 Å². The number of piperidine rings is 1. The van der Waals surface area contributed by atoms with Gasteiger partial charge in [0.1, 0.15) is 11.3 Å². The van der Waals surface area contributed by atoms with Crippen LogP contribution in [-0.2, 0) is 4.79 Å². The van der Waals surface area contributed by atoms with Gasteiger partial charge in [0.15, 0.2) is 5.82 Å². The van der Waals surface area contributed by atoms with Crippen LogP contribution < -0.4 is 15.0 Å². The summed E-state index contributed by atoms with van der Waals surface area (Å²) in [6.45, 7) is 5.54. The van der Waals surface area contributed by atoms with Crippen molar-refractivity contribution in [2.45, 2.75) is 58.4 Å². The monoisotopic (exact) mass is 448 g/mol. The lowest BCUT2D eigenvalue weighted by atomic mass is 9.96. The zero-order chi connectivity index (χ0) is 22.9. The SMILES string of the molecule is COc1ccc(-n2nc3c(N4CCC[C@@H](C(=O)NC5CCCC5)C4)nnc(C)c3c2C)cc1. The van der Waals surface area contributed by atoms with Gasteiger partial charge in [0.05, 0.1) is 35.5 Å². The molecule has 3 heterocycles. The van der Waals surface area contributed by atoms with Crippen LogP contribution in [0, 0.1) is 19.8 Å². The number of aryl methyl sites for hydroxylation is 2. The number of methoxy groups -OCH3 is 1. The Hall–Kier alpha value is -3.16. The Balaban J connectivity index is 1.45. The van der Waals surface area contributed by atoms with Crippen molar-refractivity contribution in [2.75, 3.05) is 25.1 Å². The number of benzene rings is 1. The van der Waals surface area contributed by atoms with Gasteiger partial charge in [0.2, 0.25) is 5.91 Å². The van der Waals surface area contributed by atoms with Gasteiger partial charge in [-0.05, 0) is 63.8 Å². The van der Waals surface area contributed by atoms with E-state index < -0.39 is 0 Å². The number of anilines is 1. The third-order valence-electron chi connectivity index (χ3n) is 7.09. The molecule has 1 aliphatic heterocycles. The van der Waals surface area contributed by atoms with Crippen LogP contribution in [0.15, 0.2) is 24.3 Å². The Morgan fingerprint density at radius 2 is 1.82 bits per heavy atom. The van der Waals surface area contributed by atoms with Crippen molar-refractivity contribution in [1.29, 1.82) is 0 Å². The van der Waals surface area contributed by atoms with Crippen LogP contribution in [0.25, 0.3) is 16.6 Å². The summed E-state index contributed by atoms with van der Waals surface area (Å²) >= 11 is 0. The van der Waals surface area contributed by atoms with E-state index in [4.69, 9.17) is 9.84 Å². The van der Waals surface area contributed by atoms with Crippen molar-refractivity contribution >= 4 is 22.6 Å². The lowest BCUT2D eigenvalue weighted by molar-refractivity contribution is -0.125. The number of carbonyl (C=O) groups is 1. The van der Waals surface area contributed by atoms with E-state index in [0.29, 0.717) is 12.6 Å². The predicted molar refractivity (Wildman–Crippen MR) is 128 cm³/mol. The molecule has 33 heavy (non-hydrogen) atoms. The highest BCUT2D eigenvalue weighted by atomic mass is 16.5. The first-order chi connectivity index (χ1) is 16.0. The molecule has 3 aromatic rings. The minimum Gasteiger partial charge on any atom is -0.497 e. The molecule has 0 radical (unpaired) electrons. The third kappa shape index (κ3) is 4.14. The number of fused-ring (bicyclic) bond motifs is 1. The Kier molecular flexibility index (Phi) is 5.91. The molecule has 2 aliphatic rings. The summed E-state index contributed by atoms with van der Waals surface area (Å²) < 4.78 is 7.24. The van der Waals surface area contributed by atoms with Gasteiger partial charge in [-0.15, -0.1) is 5.10 Å². The Morgan fingerprint density at radius 1 is 1.06 bits per heavy atom. The number of amides is 1. The number of rotatable bonds is 5. The zero-order valence-corrected chi connectivity index (χ0v) is 19.7. The fourth-order valence-electron chi connectivity index (χ4n) is 5.27. The molecule has 1 aromatic carbocycles. The molecule has 1 N–H and O–H groups in total. The largest absolute Gasteiger partial charge is 0.497 e. The number of nitrogens with one attached hydrogen (secondary N) is 1. The summed E-state index contributed by atoms with van der Waals surface area (Å²) in [5.74, 6) is 1.73. The molecule has 2 aromatic heterocycles. The van der Waals surface area contributed by atoms with Crippen molar-refractivity contribution in [2.24, 2.45) is 5.92 Å². The molecule has 1 saturated carbocycles. The second kappa shape index (κ2) is 9.00. The highest BCUT2D eigenvalue weighted by molar-refractivity contribution is 5.92. The zero-order valence-electron chi connectivity index (χ0n) is 19.7. The highest BCUT2D eigenvalue weighted by Gasteiger charge is 2.30. The molecule has 0 bridgehead atoms. The van der Waals surface area contributed by atoms with E-state index in [1.54, 1.807) is 7.11 Å². The van der Waals surface area contributed by atoms with E-state index in [9.17, 15) is 4.79 Å². The van der Waals surface area contributed by atoms with Gasteiger partial charge in [0.25, 0.3) is 0 Å². The molecule has 2 fully saturated rings. The molecular formula is C25H32N6O2. The average Bonchev–Trinajstić information content (AvgIpc) is 3.48. The average molecular weight is 449 g/mol. The molecule has 174 valence electrons. The fourth-order valence-corrected chi connectivity index (χ4v) is 5.27. The Labute approximate surface area is 194 Å². The molecule has 1 aliphatic carbocycles. The Morgan fingerprint density at radius 3 is 2.55 bits per heavy atom. The van der Waals surface area contributed by atoms with E-state index in [-0.39, 0.29) is 11.8 Å². The quantitative estimate of drug-likeness (QED) is 0.640. The van der Waals surface area contributed by atoms with Gasteiger partial charge in [-0.1, -0.05) is 12.8 Å². The molecule has 1 atom stereocenters. The maximum atomic E-state index is 12.9. The van der Waals surface area contributed by atoms with Gasteiger partial charge in [-0.3, -0.25) is 4.79 Å². The number of carbonyl (C=O) groups excluding carboxylic acids is 1. The van der Waals surface area contributed by atoms with Gasteiger partial charge >= 0.3 is 0 Å². The van der Waals surface area contributed by atoms with Crippen LogP contribution >= 0.6 is 0 Å². The topological polar surface area (TPSA) is 85.2 Å². The maximum Gasteiger partial charge on any atom is 0.225 e. The summed E-state index contributed by atoms with van der Waals surface area (Å²) in [7, 11) is 1.66. The van der Waals surface area contributed by atoms with Crippen LogP contribution in [0.5, 0.6) is 5.75 Å². The number of ether oxygens (including phenoxy) is 1. The van der Waals surface area contributed by atoms with Crippen LogP contribution in [0.1, 0.15) is 49.9 Å². The minimum atomic E-state index is -0.0257. The van der Waals surface area contributed by atoms with E-state index in [2.05, 4.69) is 27.3 Å². The minimum absolute atomic E-state index is 0.0257. The maximum absolute atomic E-state index is 12.9. The van der Waals surface area contributed by atoms with E-state index in [1.165, 1.54) is 12.8 Å². The van der Waals surface area contributed by atoms with Crippen LogP contribution in [0.2, 0.25) is 0 Å². The second-order valence-electron chi connectivity index (χ2n) is 9.30. The van der Waals surface area contributed by atoms with Crippen molar-refractivity contribution in [3.8, 4) is 11.4 Å². The summed E-state index contributed by atoms with van der Waals surface area (Å²) in [6.07, 6.45) is 6.52. The summed E-state index contributed by atoms with van der Waals surface area (Å²) in [5.41, 5.74) is 3.69. The second-order valence-corrected chi connectivity index (χ2v) is 9.30. The molecule has 1 saturated heterocycles. The van der Waals surface area contributed by atoms with Crippen molar-refractivity contribution in [3.63, 3.8) is 0 Å². The van der Waals surface area contributed by atoms with Crippen LogP contribution in [0.3, 0.4) is 0 Å². The number of hydrogen-bond acceptors (Lipinski definition) is 6. The summed E-state index contributed by atoms with van der Waals surface area (Å²) in [6, 6.07) is 8.21. The highest BCUT2D eigenvalue weighted by Crippen LogP contribution is 2.32. The van der Waals surface area contributed by atoms with Crippen molar-refractivity contribution in [3.05, 3.63) is 35.7 Å². The molecule has 8 nitrogen and oxygen atoms in total. The standard InChI is InChI=1S/C25H32N6O2/c1-16-22-17(2)31(20-10-12-21(33-3)13-11-20)29-23(22)24(28-27-16)30-14-6-7-18(15-30)25(32)26-19-8-4-5-9-19/h10-13,18-19H,4-9,14-15H2,1-3H3,(H,26,32)/t18-/m1/s1. The lowest BCUT2D eigenvalue weighted by Crippen LogP contribution is -2.45. The molecular weight excluding hydrogens is 416 g/mol. The number of aromatic nitrogens is 4. The first kappa shape index (κ1) is 21.7. The van der Waals surface area contributed by atoms with E-state index >= 15 is 0 Å². The lowest BCUT2D eigenvalue weighted by Gasteiger charge is -2.33. The van der Waals surface area contributed by atoms with E-state index in [0.717, 1.165) is 71.8 Å². The molecule has 5 rings (SSSR count). The predicted octanol–water partition coefficient (Wildman–Crippen LogP) is 3.72. The molecule has 0 unspecified atom stereocenters. The summed E-state index contributed by atoms with van der Waals surface area (Å²) in [4.78, 5) is 15.1. The number of hydrogen-bond donors (Lipinski definition) is 1. The van der Waals surface area contributed by atoms with Crippen LogP contribution in [0.4, 0.5) is 5.82 Å². The van der Waals surface area contributed by atoms with E-state index in [1.807, 2.05) is 35.9 Å². The Bertz CT molecular complexity index is 1150. The number of nitrogens with zero attached hydrogens (tertiary/aromatic N) is 5. The van der Waals surface area contributed by atoms with Gasteiger partial charge < -0.3 is 15.0 Å². The smallest absolute Gasteiger partial charge is 0.225 e. The third-order valence-corrected chi connectivity index (χ3v) is 7.09.